The Balaban J connectivity index is 2.06. The van der Waals surface area contributed by atoms with Gasteiger partial charge in [-0.05, 0) is 39.0 Å². The summed E-state index contributed by atoms with van der Waals surface area (Å²) in [6, 6.07) is 0.768. The summed E-state index contributed by atoms with van der Waals surface area (Å²) in [7, 11) is 0. The number of rotatable bonds is 8. The van der Waals surface area contributed by atoms with Crippen molar-refractivity contribution in [2.45, 2.75) is 52.5 Å². The van der Waals surface area contributed by atoms with Crippen molar-refractivity contribution in [3.8, 4) is 6.01 Å². The fourth-order valence-corrected chi connectivity index (χ4v) is 2.19. The smallest absolute Gasteiger partial charge is 0.323 e. The van der Waals surface area contributed by atoms with Gasteiger partial charge in [-0.2, -0.15) is 15.0 Å². The summed E-state index contributed by atoms with van der Waals surface area (Å²) in [5.41, 5.74) is 0. The Labute approximate surface area is 120 Å². The monoisotopic (exact) mass is 279 g/mol. The van der Waals surface area contributed by atoms with E-state index in [0.717, 1.165) is 18.9 Å². The average Bonchev–Trinajstić information content (AvgIpc) is 2.34. The Hall–Kier alpha value is -1.59. The molecule has 1 atom stereocenters. The van der Waals surface area contributed by atoms with Crippen molar-refractivity contribution in [1.29, 1.82) is 0 Å². The van der Waals surface area contributed by atoms with E-state index in [2.05, 4.69) is 39.4 Å². The first kappa shape index (κ1) is 14.8. The predicted octanol–water partition coefficient (Wildman–Crippen LogP) is 2.69. The van der Waals surface area contributed by atoms with Gasteiger partial charge in [0.05, 0.1) is 6.61 Å². The lowest BCUT2D eigenvalue weighted by molar-refractivity contribution is 0.283. The van der Waals surface area contributed by atoms with Gasteiger partial charge in [0.15, 0.2) is 0 Å². The van der Waals surface area contributed by atoms with E-state index < -0.39 is 0 Å². The lowest BCUT2D eigenvalue weighted by Crippen LogP contribution is -2.31. The number of nitrogens with one attached hydrogen (secondary N) is 2. The highest BCUT2D eigenvalue weighted by molar-refractivity contribution is 5.36. The van der Waals surface area contributed by atoms with Crippen LogP contribution in [0.5, 0.6) is 6.01 Å². The van der Waals surface area contributed by atoms with Crippen LogP contribution in [-0.4, -0.2) is 34.1 Å². The molecular formula is C14H25N5O. The molecule has 1 fully saturated rings. The summed E-state index contributed by atoms with van der Waals surface area (Å²) in [6.07, 6.45) is 4.94. The second kappa shape index (κ2) is 7.26. The molecule has 0 aromatic carbocycles. The van der Waals surface area contributed by atoms with E-state index in [0.29, 0.717) is 30.6 Å². The highest BCUT2D eigenvalue weighted by Crippen LogP contribution is 2.30. The lowest BCUT2D eigenvalue weighted by atomic mass is 9.80. The Morgan fingerprint density at radius 1 is 1.20 bits per heavy atom. The van der Waals surface area contributed by atoms with Crippen LogP contribution in [0.2, 0.25) is 0 Å². The molecule has 2 N–H and O–H groups in total. The van der Waals surface area contributed by atoms with Crippen LogP contribution in [-0.2, 0) is 0 Å². The predicted molar refractivity (Wildman–Crippen MR) is 80.2 cm³/mol. The summed E-state index contributed by atoms with van der Waals surface area (Å²) < 4.78 is 5.41. The fraction of sp³-hybridized carbons (Fsp3) is 0.786. The summed E-state index contributed by atoms with van der Waals surface area (Å²) in [5, 5.41) is 6.56. The van der Waals surface area contributed by atoms with Crippen molar-refractivity contribution in [2.24, 2.45) is 5.92 Å². The van der Waals surface area contributed by atoms with Crippen LogP contribution in [0.1, 0.15) is 46.5 Å². The van der Waals surface area contributed by atoms with Gasteiger partial charge in [-0.3, -0.25) is 0 Å². The van der Waals surface area contributed by atoms with Gasteiger partial charge in [-0.15, -0.1) is 0 Å². The van der Waals surface area contributed by atoms with E-state index in [9.17, 15) is 0 Å². The van der Waals surface area contributed by atoms with Gasteiger partial charge in [0, 0.05) is 12.6 Å². The highest BCUT2D eigenvalue weighted by Gasteiger charge is 2.24. The van der Waals surface area contributed by atoms with E-state index in [4.69, 9.17) is 4.74 Å². The molecule has 0 saturated heterocycles. The Bertz CT molecular complexity index is 422. The summed E-state index contributed by atoms with van der Waals surface area (Å²) in [5.74, 6) is 1.91. The van der Waals surface area contributed by atoms with Gasteiger partial charge < -0.3 is 15.4 Å². The number of anilines is 2. The number of hydrogen-bond acceptors (Lipinski definition) is 6. The van der Waals surface area contributed by atoms with E-state index in [1.807, 2.05) is 6.92 Å². The summed E-state index contributed by atoms with van der Waals surface area (Å²) in [6.45, 7) is 7.61. The average molecular weight is 279 g/mol. The zero-order chi connectivity index (χ0) is 14.4. The molecular weight excluding hydrogens is 254 g/mol. The SMILES string of the molecule is CCCNc1nc(NC(C)C2CCC2)nc(OCC)n1. The van der Waals surface area contributed by atoms with Crippen LogP contribution < -0.4 is 15.4 Å². The van der Waals surface area contributed by atoms with Gasteiger partial charge >= 0.3 is 6.01 Å². The Morgan fingerprint density at radius 3 is 2.55 bits per heavy atom. The Kier molecular flexibility index (Phi) is 5.38. The van der Waals surface area contributed by atoms with Crippen LogP contribution >= 0.6 is 0 Å². The number of ether oxygens (including phenoxy) is 1. The van der Waals surface area contributed by atoms with Crippen molar-refractivity contribution in [1.82, 2.24) is 15.0 Å². The van der Waals surface area contributed by atoms with Gasteiger partial charge in [-0.25, -0.2) is 0 Å². The first-order valence-electron chi connectivity index (χ1n) is 7.62. The van der Waals surface area contributed by atoms with Crippen molar-refractivity contribution < 1.29 is 4.74 Å². The number of nitrogens with zero attached hydrogens (tertiary/aromatic N) is 3. The molecule has 0 amide bonds. The highest BCUT2D eigenvalue weighted by atomic mass is 16.5. The summed E-state index contributed by atoms with van der Waals surface area (Å²) >= 11 is 0. The molecule has 0 spiro atoms. The van der Waals surface area contributed by atoms with E-state index in [-0.39, 0.29) is 0 Å². The largest absolute Gasteiger partial charge is 0.464 e. The maximum atomic E-state index is 5.41. The van der Waals surface area contributed by atoms with E-state index in [1.54, 1.807) is 0 Å². The second-order valence-corrected chi connectivity index (χ2v) is 5.25. The molecule has 1 unspecified atom stereocenters. The van der Waals surface area contributed by atoms with Gasteiger partial charge in [0.2, 0.25) is 11.9 Å². The molecule has 1 aromatic heterocycles. The van der Waals surface area contributed by atoms with Crippen LogP contribution in [0.15, 0.2) is 0 Å². The molecule has 20 heavy (non-hydrogen) atoms. The molecule has 1 heterocycles. The molecule has 1 saturated carbocycles. The van der Waals surface area contributed by atoms with Crippen molar-refractivity contribution in [3.63, 3.8) is 0 Å². The van der Waals surface area contributed by atoms with Crippen LogP contribution in [0.3, 0.4) is 0 Å². The maximum Gasteiger partial charge on any atom is 0.323 e. The quantitative estimate of drug-likeness (QED) is 0.762. The van der Waals surface area contributed by atoms with Crippen molar-refractivity contribution in [3.05, 3.63) is 0 Å². The third kappa shape index (κ3) is 3.95. The zero-order valence-corrected chi connectivity index (χ0v) is 12.6. The first-order chi connectivity index (χ1) is 9.72. The third-order valence-corrected chi connectivity index (χ3v) is 3.64. The summed E-state index contributed by atoms with van der Waals surface area (Å²) in [4.78, 5) is 13.0. The minimum atomic E-state index is 0.379. The third-order valence-electron chi connectivity index (χ3n) is 3.64. The lowest BCUT2D eigenvalue weighted by Gasteiger charge is -2.31. The minimum absolute atomic E-state index is 0.379. The maximum absolute atomic E-state index is 5.41. The van der Waals surface area contributed by atoms with E-state index >= 15 is 0 Å². The van der Waals surface area contributed by atoms with Crippen LogP contribution in [0.25, 0.3) is 0 Å². The van der Waals surface area contributed by atoms with Gasteiger partial charge in [-0.1, -0.05) is 13.3 Å². The number of aromatic nitrogens is 3. The molecule has 1 aliphatic rings. The topological polar surface area (TPSA) is 72.0 Å². The molecule has 112 valence electrons. The fourth-order valence-electron chi connectivity index (χ4n) is 2.19. The van der Waals surface area contributed by atoms with Crippen molar-refractivity contribution >= 4 is 11.9 Å². The van der Waals surface area contributed by atoms with Crippen LogP contribution in [0, 0.1) is 5.92 Å². The van der Waals surface area contributed by atoms with Crippen molar-refractivity contribution in [2.75, 3.05) is 23.8 Å². The normalized spacial score (nSPS) is 16.4. The van der Waals surface area contributed by atoms with Crippen LogP contribution in [0.4, 0.5) is 11.9 Å². The molecule has 2 rings (SSSR count). The molecule has 0 bridgehead atoms. The second-order valence-electron chi connectivity index (χ2n) is 5.25. The van der Waals surface area contributed by atoms with Gasteiger partial charge in [0.25, 0.3) is 0 Å². The Morgan fingerprint density at radius 2 is 1.95 bits per heavy atom. The zero-order valence-electron chi connectivity index (χ0n) is 12.6. The molecule has 1 aliphatic carbocycles. The molecule has 6 heteroatoms. The molecule has 0 radical (unpaired) electrons. The van der Waals surface area contributed by atoms with E-state index in [1.165, 1.54) is 19.3 Å². The first-order valence-corrected chi connectivity index (χ1v) is 7.62. The minimum Gasteiger partial charge on any atom is -0.464 e. The molecule has 0 aliphatic heterocycles. The number of hydrogen-bond donors (Lipinski definition) is 2. The molecule has 6 nitrogen and oxygen atoms in total. The van der Waals surface area contributed by atoms with Gasteiger partial charge in [0.1, 0.15) is 0 Å². The standard InChI is InChI=1S/C14H25N5O/c1-4-9-15-12-17-13(19-14(18-12)20-5-2)16-10(3)11-7-6-8-11/h10-11H,4-9H2,1-3H3,(H2,15,16,17,18,19). The molecule has 1 aromatic rings.